The maximum absolute atomic E-state index is 10.1. The fraction of sp³-hybridized carbons (Fsp3) is 1.00. The van der Waals surface area contributed by atoms with Crippen LogP contribution in [0.25, 0.3) is 0 Å². The molecule has 0 saturated heterocycles. The van der Waals surface area contributed by atoms with E-state index in [1.807, 2.05) is 0 Å². The van der Waals surface area contributed by atoms with Crippen molar-refractivity contribution < 1.29 is 5.11 Å². The highest BCUT2D eigenvalue weighted by atomic mass is 16.3. The maximum atomic E-state index is 10.1. The van der Waals surface area contributed by atoms with Gasteiger partial charge in [0.25, 0.3) is 0 Å². The highest BCUT2D eigenvalue weighted by molar-refractivity contribution is 4.83. The Morgan fingerprint density at radius 2 is 1.85 bits per heavy atom. The lowest BCUT2D eigenvalue weighted by Gasteiger charge is -2.38. The SMILES string of the molecule is CC(C)CC1CCC(C)C(C)C1O. The molecule has 1 N–H and O–H groups in total. The summed E-state index contributed by atoms with van der Waals surface area (Å²) in [5, 5.41) is 10.1. The first kappa shape index (κ1) is 11.0. The standard InChI is InChI=1S/C12H24O/c1-8(2)7-11-6-5-9(3)10(4)12(11)13/h8-13H,5-7H2,1-4H3. The topological polar surface area (TPSA) is 20.2 Å². The number of hydrogen-bond donors (Lipinski definition) is 1. The Hall–Kier alpha value is -0.0400. The van der Waals surface area contributed by atoms with E-state index >= 15 is 0 Å². The molecule has 4 atom stereocenters. The third-order valence-electron chi connectivity index (χ3n) is 3.69. The van der Waals surface area contributed by atoms with Crippen molar-refractivity contribution in [2.75, 3.05) is 0 Å². The molecule has 0 aromatic carbocycles. The Balaban J connectivity index is 2.48. The predicted octanol–water partition coefficient (Wildman–Crippen LogP) is 3.08. The molecule has 1 saturated carbocycles. The van der Waals surface area contributed by atoms with Crippen LogP contribution in [0.4, 0.5) is 0 Å². The lowest BCUT2D eigenvalue weighted by atomic mass is 9.71. The quantitative estimate of drug-likeness (QED) is 0.699. The average Bonchev–Trinajstić information content (AvgIpc) is 2.06. The highest BCUT2D eigenvalue weighted by Crippen LogP contribution is 2.36. The lowest BCUT2D eigenvalue weighted by molar-refractivity contribution is -0.00911. The number of rotatable bonds is 2. The molecule has 0 amide bonds. The van der Waals surface area contributed by atoms with Crippen LogP contribution in [-0.2, 0) is 0 Å². The van der Waals surface area contributed by atoms with Crippen molar-refractivity contribution >= 4 is 0 Å². The van der Waals surface area contributed by atoms with Gasteiger partial charge in [-0.3, -0.25) is 0 Å². The summed E-state index contributed by atoms with van der Waals surface area (Å²) in [6, 6.07) is 0. The molecule has 1 fully saturated rings. The lowest BCUT2D eigenvalue weighted by Crippen LogP contribution is -2.36. The fourth-order valence-corrected chi connectivity index (χ4v) is 2.54. The summed E-state index contributed by atoms with van der Waals surface area (Å²) in [6.07, 6.45) is 3.67. The first-order valence-electron chi connectivity index (χ1n) is 5.70. The van der Waals surface area contributed by atoms with Crippen LogP contribution in [0.5, 0.6) is 0 Å². The van der Waals surface area contributed by atoms with E-state index in [2.05, 4.69) is 27.7 Å². The second-order valence-corrected chi connectivity index (χ2v) is 5.29. The Morgan fingerprint density at radius 3 is 2.38 bits per heavy atom. The summed E-state index contributed by atoms with van der Waals surface area (Å²) in [7, 11) is 0. The van der Waals surface area contributed by atoms with Crippen LogP contribution in [0, 0.1) is 23.7 Å². The zero-order valence-corrected chi connectivity index (χ0v) is 9.46. The van der Waals surface area contributed by atoms with Crippen LogP contribution in [0.15, 0.2) is 0 Å². The van der Waals surface area contributed by atoms with Gasteiger partial charge in [-0.25, -0.2) is 0 Å². The van der Waals surface area contributed by atoms with E-state index in [0.29, 0.717) is 17.8 Å². The minimum Gasteiger partial charge on any atom is -0.393 e. The van der Waals surface area contributed by atoms with E-state index in [4.69, 9.17) is 0 Å². The summed E-state index contributed by atoms with van der Waals surface area (Å²) < 4.78 is 0. The molecule has 0 bridgehead atoms. The van der Waals surface area contributed by atoms with Crippen LogP contribution in [0.3, 0.4) is 0 Å². The Labute approximate surface area is 82.5 Å². The van der Waals surface area contributed by atoms with Crippen LogP contribution in [0.1, 0.15) is 47.0 Å². The zero-order chi connectivity index (χ0) is 10.0. The first-order chi connectivity index (χ1) is 6.02. The smallest absolute Gasteiger partial charge is 0.0596 e. The first-order valence-corrected chi connectivity index (χ1v) is 5.70. The van der Waals surface area contributed by atoms with Gasteiger partial charge in [-0.1, -0.05) is 34.1 Å². The summed E-state index contributed by atoms with van der Waals surface area (Å²) >= 11 is 0. The second-order valence-electron chi connectivity index (χ2n) is 5.29. The summed E-state index contributed by atoms with van der Waals surface area (Å²) in [4.78, 5) is 0. The third kappa shape index (κ3) is 2.70. The monoisotopic (exact) mass is 184 g/mol. The largest absolute Gasteiger partial charge is 0.393 e. The molecule has 0 radical (unpaired) electrons. The van der Waals surface area contributed by atoms with Crippen LogP contribution < -0.4 is 0 Å². The molecule has 0 aromatic heterocycles. The molecule has 0 aliphatic heterocycles. The van der Waals surface area contributed by atoms with Crippen LogP contribution >= 0.6 is 0 Å². The number of aliphatic hydroxyl groups excluding tert-OH is 1. The van der Waals surface area contributed by atoms with Crippen LogP contribution in [-0.4, -0.2) is 11.2 Å². The molecule has 1 heteroatoms. The molecule has 13 heavy (non-hydrogen) atoms. The van der Waals surface area contributed by atoms with E-state index in [1.54, 1.807) is 0 Å². The van der Waals surface area contributed by atoms with E-state index in [0.717, 1.165) is 5.92 Å². The molecule has 1 nitrogen and oxygen atoms in total. The van der Waals surface area contributed by atoms with Crippen LogP contribution in [0.2, 0.25) is 0 Å². The van der Waals surface area contributed by atoms with Crippen molar-refractivity contribution in [3.05, 3.63) is 0 Å². The zero-order valence-electron chi connectivity index (χ0n) is 9.46. The Bertz CT molecular complexity index is 153. The van der Waals surface area contributed by atoms with Crippen molar-refractivity contribution in [1.82, 2.24) is 0 Å². The van der Waals surface area contributed by atoms with Gasteiger partial charge in [0, 0.05) is 0 Å². The minimum atomic E-state index is -0.0499. The van der Waals surface area contributed by atoms with Crippen molar-refractivity contribution in [2.45, 2.75) is 53.1 Å². The molecule has 0 spiro atoms. The average molecular weight is 184 g/mol. The summed E-state index contributed by atoms with van der Waals surface area (Å²) in [5.41, 5.74) is 0. The van der Waals surface area contributed by atoms with Gasteiger partial charge in [0.2, 0.25) is 0 Å². The van der Waals surface area contributed by atoms with Gasteiger partial charge in [-0.05, 0) is 36.5 Å². The number of aliphatic hydroxyl groups is 1. The minimum absolute atomic E-state index is 0.0499. The molecule has 1 aliphatic rings. The highest BCUT2D eigenvalue weighted by Gasteiger charge is 2.33. The van der Waals surface area contributed by atoms with E-state index in [1.165, 1.54) is 19.3 Å². The van der Waals surface area contributed by atoms with Crippen molar-refractivity contribution in [1.29, 1.82) is 0 Å². The van der Waals surface area contributed by atoms with E-state index in [9.17, 15) is 5.11 Å². The van der Waals surface area contributed by atoms with Crippen molar-refractivity contribution in [2.24, 2.45) is 23.7 Å². The van der Waals surface area contributed by atoms with Gasteiger partial charge >= 0.3 is 0 Å². The van der Waals surface area contributed by atoms with Gasteiger partial charge in [-0.2, -0.15) is 0 Å². The van der Waals surface area contributed by atoms with Gasteiger partial charge in [-0.15, -0.1) is 0 Å². The number of hydrogen-bond acceptors (Lipinski definition) is 1. The fourth-order valence-electron chi connectivity index (χ4n) is 2.54. The van der Waals surface area contributed by atoms with Crippen molar-refractivity contribution in [3.63, 3.8) is 0 Å². The third-order valence-corrected chi connectivity index (χ3v) is 3.69. The molecular formula is C12H24O. The van der Waals surface area contributed by atoms with Gasteiger partial charge in [0.1, 0.15) is 0 Å². The summed E-state index contributed by atoms with van der Waals surface area (Å²) in [6.45, 7) is 8.95. The van der Waals surface area contributed by atoms with Crippen molar-refractivity contribution in [3.8, 4) is 0 Å². The molecule has 4 unspecified atom stereocenters. The van der Waals surface area contributed by atoms with Gasteiger partial charge in [0.15, 0.2) is 0 Å². The molecule has 0 heterocycles. The normalized spacial score (nSPS) is 41.1. The predicted molar refractivity (Wildman–Crippen MR) is 56.5 cm³/mol. The molecular weight excluding hydrogens is 160 g/mol. The summed E-state index contributed by atoms with van der Waals surface area (Å²) in [5.74, 6) is 2.49. The molecule has 78 valence electrons. The molecule has 1 rings (SSSR count). The van der Waals surface area contributed by atoms with Gasteiger partial charge in [0.05, 0.1) is 6.10 Å². The van der Waals surface area contributed by atoms with Gasteiger partial charge < -0.3 is 5.11 Å². The second kappa shape index (κ2) is 4.45. The van der Waals surface area contributed by atoms with E-state index < -0.39 is 0 Å². The Morgan fingerprint density at radius 1 is 1.23 bits per heavy atom. The molecule has 0 aromatic rings. The van der Waals surface area contributed by atoms with E-state index in [-0.39, 0.29) is 6.10 Å². The maximum Gasteiger partial charge on any atom is 0.0596 e. The molecule has 1 aliphatic carbocycles. The Kier molecular flexibility index (Phi) is 3.78.